The SMILES string of the molecule is CC(=O)c1ccc(NCCNC(=S)NC2N=C(c3ccccc3)c3cc(Cl)ccc3N(C)C2=O)cc1. The molecule has 0 spiro atoms. The zero-order valence-electron chi connectivity index (χ0n) is 19.9. The molecule has 0 radical (unpaired) electrons. The number of aliphatic imine (C=N–C) groups is 1. The Labute approximate surface area is 220 Å². The molecule has 3 N–H and O–H groups in total. The van der Waals surface area contributed by atoms with Crippen LogP contribution in [0.25, 0.3) is 0 Å². The van der Waals surface area contributed by atoms with Crippen LogP contribution in [0, 0.1) is 0 Å². The third kappa shape index (κ3) is 5.90. The number of anilines is 2. The molecule has 0 fully saturated rings. The van der Waals surface area contributed by atoms with Crippen LogP contribution >= 0.6 is 23.8 Å². The molecule has 1 amide bonds. The average molecular weight is 520 g/mol. The fourth-order valence-corrected chi connectivity index (χ4v) is 4.23. The van der Waals surface area contributed by atoms with Crippen molar-refractivity contribution in [1.29, 1.82) is 0 Å². The van der Waals surface area contributed by atoms with Crippen LogP contribution in [0.5, 0.6) is 0 Å². The molecule has 3 aromatic rings. The predicted octanol–water partition coefficient (Wildman–Crippen LogP) is 4.26. The van der Waals surface area contributed by atoms with E-state index in [0.29, 0.717) is 34.5 Å². The van der Waals surface area contributed by atoms with Gasteiger partial charge in [0, 0.05) is 47.5 Å². The number of rotatable bonds is 7. The van der Waals surface area contributed by atoms with Gasteiger partial charge in [-0.2, -0.15) is 0 Å². The molecule has 1 aliphatic heterocycles. The van der Waals surface area contributed by atoms with E-state index in [9.17, 15) is 9.59 Å². The number of nitrogens with zero attached hydrogens (tertiary/aromatic N) is 2. The zero-order valence-corrected chi connectivity index (χ0v) is 21.5. The van der Waals surface area contributed by atoms with Gasteiger partial charge in [-0.1, -0.05) is 41.9 Å². The molecule has 0 aromatic heterocycles. The van der Waals surface area contributed by atoms with E-state index >= 15 is 0 Å². The lowest BCUT2D eigenvalue weighted by atomic mass is 10.0. The number of Topliss-reactive ketones (excluding diaryl/α,β-unsaturated/α-hetero) is 1. The van der Waals surface area contributed by atoms with Gasteiger partial charge in [-0.15, -0.1) is 0 Å². The van der Waals surface area contributed by atoms with Crippen LogP contribution in [0.15, 0.2) is 77.8 Å². The number of benzene rings is 3. The second-order valence-electron chi connectivity index (χ2n) is 8.27. The van der Waals surface area contributed by atoms with Crippen molar-refractivity contribution in [3.8, 4) is 0 Å². The van der Waals surface area contributed by atoms with Crippen LogP contribution in [0.1, 0.15) is 28.4 Å². The minimum Gasteiger partial charge on any atom is -0.383 e. The highest BCUT2D eigenvalue weighted by molar-refractivity contribution is 7.80. The van der Waals surface area contributed by atoms with Gasteiger partial charge in [-0.05, 0) is 61.6 Å². The lowest BCUT2D eigenvalue weighted by Crippen LogP contribution is -2.49. The number of hydrogen-bond donors (Lipinski definition) is 3. The van der Waals surface area contributed by atoms with E-state index < -0.39 is 6.17 Å². The number of nitrogens with one attached hydrogen (secondary N) is 3. The predicted molar refractivity (Wildman–Crippen MR) is 149 cm³/mol. The molecule has 1 heterocycles. The lowest BCUT2D eigenvalue weighted by Gasteiger charge is -2.22. The summed E-state index contributed by atoms with van der Waals surface area (Å²) in [5.74, 6) is -0.208. The number of fused-ring (bicyclic) bond motifs is 1. The van der Waals surface area contributed by atoms with Crippen LogP contribution in [-0.4, -0.2) is 48.8 Å². The second-order valence-corrected chi connectivity index (χ2v) is 9.11. The molecule has 0 saturated carbocycles. The quantitative estimate of drug-likeness (QED) is 0.246. The number of hydrogen-bond acceptors (Lipinski definition) is 5. The Morgan fingerprint density at radius 1 is 1.06 bits per heavy atom. The molecular weight excluding hydrogens is 494 g/mol. The van der Waals surface area contributed by atoms with Crippen molar-refractivity contribution in [2.45, 2.75) is 13.1 Å². The first-order valence-corrected chi connectivity index (χ1v) is 12.2. The normalized spacial score (nSPS) is 14.9. The molecule has 3 aromatic carbocycles. The van der Waals surface area contributed by atoms with Crippen molar-refractivity contribution < 1.29 is 9.59 Å². The van der Waals surface area contributed by atoms with Crippen molar-refractivity contribution in [2.75, 3.05) is 30.4 Å². The standard InChI is InChI=1S/C27H26ClN5O2S/c1-17(34)18-8-11-21(12-9-18)29-14-15-30-27(36)32-25-26(35)33(2)23-13-10-20(28)16-22(23)24(31-25)19-6-4-3-5-7-19/h3-13,16,25,29H,14-15H2,1-2H3,(H2,30,32,36). The molecule has 184 valence electrons. The largest absolute Gasteiger partial charge is 0.383 e. The number of carbonyl (C=O) groups excluding carboxylic acids is 2. The maximum absolute atomic E-state index is 13.3. The smallest absolute Gasteiger partial charge is 0.272 e. The van der Waals surface area contributed by atoms with E-state index in [1.807, 2.05) is 54.6 Å². The van der Waals surface area contributed by atoms with Crippen molar-refractivity contribution in [2.24, 2.45) is 4.99 Å². The van der Waals surface area contributed by atoms with E-state index in [1.165, 1.54) is 6.92 Å². The highest BCUT2D eigenvalue weighted by Gasteiger charge is 2.30. The number of ketones is 1. The molecule has 0 saturated heterocycles. The summed E-state index contributed by atoms with van der Waals surface area (Å²) in [6.07, 6.45) is -0.913. The maximum atomic E-state index is 13.3. The summed E-state index contributed by atoms with van der Waals surface area (Å²) in [5, 5.41) is 10.3. The van der Waals surface area contributed by atoms with Crippen molar-refractivity contribution in [3.63, 3.8) is 0 Å². The monoisotopic (exact) mass is 519 g/mol. The molecule has 7 nitrogen and oxygen atoms in total. The van der Waals surface area contributed by atoms with Gasteiger partial charge in [-0.25, -0.2) is 4.99 Å². The molecule has 0 aliphatic carbocycles. The number of likely N-dealkylation sites (N-methyl/N-ethyl adjacent to an activating group) is 1. The zero-order chi connectivity index (χ0) is 25.7. The second kappa shape index (κ2) is 11.3. The number of carbonyl (C=O) groups is 2. The molecule has 4 rings (SSSR count). The van der Waals surface area contributed by atoms with Crippen molar-refractivity contribution in [3.05, 3.63) is 94.5 Å². The molecule has 36 heavy (non-hydrogen) atoms. The summed E-state index contributed by atoms with van der Waals surface area (Å²) in [5.41, 5.74) is 4.58. The van der Waals surface area contributed by atoms with Gasteiger partial charge in [0.2, 0.25) is 6.17 Å². The summed E-state index contributed by atoms with van der Waals surface area (Å²) in [4.78, 5) is 31.1. The Balaban J connectivity index is 1.45. The molecule has 1 unspecified atom stereocenters. The van der Waals surface area contributed by atoms with Gasteiger partial charge in [-0.3, -0.25) is 9.59 Å². The third-order valence-corrected chi connectivity index (χ3v) is 6.24. The Bertz CT molecular complexity index is 1310. The maximum Gasteiger partial charge on any atom is 0.272 e. The summed E-state index contributed by atoms with van der Waals surface area (Å²) in [6, 6.07) is 22.4. The first-order valence-electron chi connectivity index (χ1n) is 11.4. The summed E-state index contributed by atoms with van der Waals surface area (Å²) >= 11 is 11.8. The fraction of sp³-hybridized carbons (Fsp3) is 0.185. The summed E-state index contributed by atoms with van der Waals surface area (Å²) in [7, 11) is 1.71. The van der Waals surface area contributed by atoms with Gasteiger partial charge in [0.15, 0.2) is 10.9 Å². The Morgan fingerprint density at radius 2 is 1.78 bits per heavy atom. The molecule has 1 atom stereocenters. The van der Waals surface area contributed by atoms with Crippen LogP contribution < -0.4 is 20.9 Å². The minimum atomic E-state index is -0.913. The highest BCUT2D eigenvalue weighted by Crippen LogP contribution is 2.29. The first-order chi connectivity index (χ1) is 17.3. The van der Waals surface area contributed by atoms with Gasteiger partial charge >= 0.3 is 0 Å². The van der Waals surface area contributed by atoms with E-state index in [0.717, 1.165) is 22.5 Å². The van der Waals surface area contributed by atoms with Crippen LogP contribution in [0.4, 0.5) is 11.4 Å². The Kier molecular flexibility index (Phi) is 7.97. The van der Waals surface area contributed by atoms with Crippen molar-refractivity contribution >= 4 is 57.7 Å². The fourth-order valence-electron chi connectivity index (χ4n) is 3.85. The molecule has 1 aliphatic rings. The van der Waals surface area contributed by atoms with Gasteiger partial charge in [0.05, 0.1) is 11.4 Å². The minimum absolute atomic E-state index is 0.0302. The van der Waals surface area contributed by atoms with Crippen LogP contribution in [0.3, 0.4) is 0 Å². The van der Waals surface area contributed by atoms with Crippen molar-refractivity contribution in [1.82, 2.24) is 10.6 Å². The van der Waals surface area contributed by atoms with E-state index in [-0.39, 0.29) is 11.7 Å². The summed E-state index contributed by atoms with van der Waals surface area (Å²) < 4.78 is 0. The molecule has 0 bridgehead atoms. The third-order valence-electron chi connectivity index (χ3n) is 5.74. The molecule has 9 heteroatoms. The van der Waals surface area contributed by atoms with Crippen LogP contribution in [-0.2, 0) is 4.79 Å². The van der Waals surface area contributed by atoms with E-state index in [4.69, 9.17) is 28.8 Å². The Morgan fingerprint density at radius 3 is 2.47 bits per heavy atom. The topological polar surface area (TPSA) is 85.8 Å². The lowest BCUT2D eigenvalue weighted by molar-refractivity contribution is -0.119. The first kappa shape index (κ1) is 25.3. The van der Waals surface area contributed by atoms with Gasteiger partial charge in [0.25, 0.3) is 5.91 Å². The van der Waals surface area contributed by atoms with Gasteiger partial charge < -0.3 is 20.9 Å². The Hall–Kier alpha value is -3.75. The highest BCUT2D eigenvalue weighted by atomic mass is 35.5. The number of thiocarbonyl (C=S) groups is 1. The van der Waals surface area contributed by atoms with E-state index in [2.05, 4.69) is 16.0 Å². The average Bonchev–Trinajstić information content (AvgIpc) is 2.97. The summed E-state index contributed by atoms with van der Waals surface area (Å²) in [6.45, 7) is 2.64. The van der Waals surface area contributed by atoms with Crippen LogP contribution in [0.2, 0.25) is 5.02 Å². The number of benzodiazepines with no additional fused rings is 1. The molecular formula is C27H26ClN5O2S. The van der Waals surface area contributed by atoms with Gasteiger partial charge in [0.1, 0.15) is 0 Å². The number of halogens is 1. The van der Waals surface area contributed by atoms with E-state index in [1.54, 1.807) is 30.1 Å². The number of amides is 1.